The van der Waals surface area contributed by atoms with Crippen LogP contribution in [0.15, 0.2) is 48.9 Å². The summed E-state index contributed by atoms with van der Waals surface area (Å²) in [5.41, 5.74) is 10.3. The van der Waals surface area contributed by atoms with Crippen LogP contribution in [0.3, 0.4) is 0 Å². The summed E-state index contributed by atoms with van der Waals surface area (Å²) in [6.45, 7) is 1.22. The number of aryl methyl sites for hydroxylation is 1. The second-order valence-corrected chi connectivity index (χ2v) is 10.1. The number of aliphatic hydroxyl groups is 2. The molecule has 1 saturated heterocycles. The molecule has 220 valence electrons. The normalized spacial score (nSPS) is 20.4. The molecule has 4 aromatic heterocycles. The fourth-order valence-corrected chi connectivity index (χ4v) is 5.22. The zero-order valence-corrected chi connectivity index (χ0v) is 23.4. The van der Waals surface area contributed by atoms with E-state index in [4.69, 9.17) is 19.9 Å². The number of rotatable bonds is 10. The van der Waals surface area contributed by atoms with E-state index in [0.29, 0.717) is 47.2 Å². The van der Waals surface area contributed by atoms with E-state index in [1.807, 2.05) is 50.6 Å². The summed E-state index contributed by atoms with van der Waals surface area (Å²) in [5, 5.41) is 38.2. The van der Waals surface area contributed by atoms with Gasteiger partial charge in [-0.15, -0.1) is 0 Å². The predicted molar refractivity (Wildman–Crippen MR) is 156 cm³/mol. The lowest BCUT2D eigenvalue weighted by Crippen LogP contribution is -2.34. The number of fused-ring (bicyclic) bond motifs is 2. The van der Waals surface area contributed by atoms with Gasteiger partial charge in [-0.2, -0.15) is 10.2 Å². The Kier molecular flexibility index (Phi) is 7.51. The van der Waals surface area contributed by atoms with Crippen LogP contribution in [0.1, 0.15) is 11.8 Å². The van der Waals surface area contributed by atoms with Crippen molar-refractivity contribution in [3.05, 3.63) is 54.6 Å². The number of hydrogen-bond acceptors (Lipinski definition) is 12. The zero-order valence-electron chi connectivity index (χ0n) is 23.4. The highest BCUT2D eigenvalue weighted by molar-refractivity contribution is 5.94. The van der Waals surface area contributed by atoms with Crippen molar-refractivity contribution in [3.63, 3.8) is 0 Å². The Hall–Kier alpha value is -4.50. The number of benzene rings is 1. The SMILES string of the molecule is CNc1cc(NCCOC)c2ccc(OC[C@H]3O[C@@H](c4cc(-c5ccn(C)n5)c5c(N)ncnn45)[C@H](O)[C@@H]3O)cc2n1. The highest BCUT2D eigenvalue weighted by Gasteiger charge is 2.45. The first-order chi connectivity index (χ1) is 20.4. The van der Waals surface area contributed by atoms with E-state index in [2.05, 4.69) is 30.8 Å². The van der Waals surface area contributed by atoms with Crippen LogP contribution < -0.4 is 21.1 Å². The molecule has 14 nitrogen and oxygen atoms in total. The largest absolute Gasteiger partial charge is 0.491 e. The Morgan fingerprint density at radius 2 is 2.00 bits per heavy atom. The van der Waals surface area contributed by atoms with E-state index < -0.39 is 24.4 Å². The van der Waals surface area contributed by atoms with E-state index in [9.17, 15) is 10.2 Å². The Morgan fingerprint density at radius 3 is 2.76 bits per heavy atom. The van der Waals surface area contributed by atoms with Gasteiger partial charge in [-0.05, 0) is 24.3 Å². The van der Waals surface area contributed by atoms with Gasteiger partial charge in [0.25, 0.3) is 0 Å². The molecule has 0 aliphatic carbocycles. The summed E-state index contributed by atoms with van der Waals surface area (Å²) in [7, 11) is 5.28. The molecular weight excluding hydrogens is 542 g/mol. The van der Waals surface area contributed by atoms with Crippen LogP contribution in [-0.2, 0) is 16.5 Å². The monoisotopic (exact) mass is 575 g/mol. The predicted octanol–water partition coefficient (Wildman–Crippen LogP) is 1.60. The summed E-state index contributed by atoms with van der Waals surface area (Å²) in [5.74, 6) is 1.51. The minimum absolute atomic E-state index is 0.00156. The Bertz CT molecular complexity index is 1720. The molecule has 0 spiro atoms. The second-order valence-electron chi connectivity index (χ2n) is 10.1. The van der Waals surface area contributed by atoms with Gasteiger partial charge in [0.15, 0.2) is 5.82 Å². The van der Waals surface area contributed by atoms with Crippen molar-refractivity contribution >= 4 is 33.7 Å². The van der Waals surface area contributed by atoms with Crippen LogP contribution in [0.5, 0.6) is 5.75 Å². The fourth-order valence-electron chi connectivity index (χ4n) is 5.22. The van der Waals surface area contributed by atoms with Crippen molar-refractivity contribution in [3.8, 4) is 17.0 Å². The molecule has 0 bridgehead atoms. The number of anilines is 3. The first kappa shape index (κ1) is 27.7. The first-order valence-corrected chi connectivity index (χ1v) is 13.5. The molecule has 1 aromatic carbocycles. The average Bonchev–Trinajstić information content (AvgIpc) is 3.67. The number of nitrogens with two attached hydrogens (primary N) is 1. The highest BCUT2D eigenvalue weighted by Crippen LogP contribution is 2.39. The Morgan fingerprint density at radius 1 is 1.14 bits per heavy atom. The average molecular weight is 576 g/mol. The molecule has 14 heteroatoms. The number of pyridine rings is 1. The maximum absolute atomic E-state index is 11.0. The number of nitrogens with zero attached hydrogens (tertiary/aromatic N) is 6. The molecule has 5 heterocycles. The molecular formula is C28H33N9O5. The molecule has 0 amide bonds. The van der Waals surface area contributed by atoms with Crippen molar-refractivity contribution in [1.82, 2.24) is 29.4 Å². The summed E-state index contributed by atoms with van der Waals surface area (Å²) in [6.07, 6.45) is -1.00. The third-order valence-electron chi connectivity index (χ3n) is 7.33. The molecule has 5 aromatic rings. The molecule has 1 aliphatic rings. The molecule has 6 N–H and O–H groups in total. The van der Waals surface area contributed by atoms with Gasteiger partial charge in [0.1, 0.15) is 54.4 Å². The quantitative estimate of drug-likeness (QED) is 0.152. The summed E-state index contributed by atoms with van der Waals surface area (Å²) in [4.78, 5) is 8.78. The topological polar surface area (TPSA) is 179 Å². The maximum Gasteiger partial charge on any atom is 0.152 e. The number of ether oxygens (including phenoxy) is 3. The molecule has 0 unspecified atom stereocenters. The van der Waals surface area contributed by atoms with Crippen molar-refractivity contribution in [2.45, 2.75) is 24.4 Å². The van der Waals surface area contributed by atoms with Crippen LogP contribution in [-0.4, -0.2) is 91.8 Å². The van der Waals surface area contributed by atoms with Crippen LogP contribution in [0.2, 0.25) is 0 Å². The Labute approximate surface area is 241 Å². The van der Waals surface area contributed by atoms with Crippen LogP contribution in [0.4, 0.5) is 17.3 Å². The van der Waals surface area contributed by atoms with E-state index in [1.54, 1.807) is 22.4 Å². The molecule has 6 rings (SSSR count). The lowest BCUT2D eigenvalue weighted by atomic mass is 10.1. The van der Waals surface area contributed by atoms with Gasteiger partial charge >= 0.3 is 0 Å². The molecule has 42 heavy (non-hydrogen) atoms. The molecule has 1 fully saturated rings. The number of methoxy groups -OCH3 is 1. The number of aromatic nitrogens is 6. The van der Waals surface area contributed by atoms with Crippen LogP contribution >= 0.6 is 0 Å². The third-order valence-corrected chi connectivity index (χ3v) is 7.33. The van der Waals surface area contributed by atoms with E-state index >= 15 is 0 Å². The summed E-state index contributed by atoms with van der Waals surface area (Å²) in [6, 6.07) is 11.2. The van der Waals surface area contributed by atoms with Gasteiger partial charge < -0.3 is 40.8 Å². The lowest BCUT2D eigenvalue weighted by molar-refractivity contribution is -0.0187. The van der Waals surface area contributed by atoms with Gasteiger partial charge in [0.05, 0.1) is 23.5 Å². The van der Waals surface area contributed by atoms with Gasteiger partial charge in [-0.1, -0.05) is 0 Å². The third kappa shape index (κ3) is 5.05. The van der Waals surface area contributed by atoms with Crippen molar-refractivity contribution in [2.75, 3.05) is 50.3 Å². The van der Waals surface area contributed by atoms with Gasteiger partial charge in [0, 0.05) is 62.7 Å². The van der Waals surface area contributed by atoms with Crippen molar-refractivity contribution < 1.29 is 24.4 Å². The van der Waals surface area contributed by atoms with E-state index in [-0.39, 0.29) is 12.4 Å². The molecule has 1 aliphatic heterocycles. The number of hydrogen-bond donors (Lipinski definition) is 5. The number of aliphatic hydroxyl groups excluding tert-OH is 2. The zero-order chi connectivity index (χ0) is 29.4. The van der Waals surface area contributed by atoms with E-state index in [1.165, 1.54) is 6.33 Å². The highest BCUT2D eigenvalue weighted by atomic mass is 16.6. The lowest BCUT2D eigenvalue weighted by Gasteiger charge is -2.16. The van der Waals surface area contributed by atoms with Gasteiger partial charge in [-0.3, -0.25) is 4.68 Å². The number of nitrogens with one attached hydrogen (secondary N) is 2. The smallest absolute Gasteiger partial charge is 0.152 e. The summed E-state index contributed by atoms with van der Waals surface area (Å²) < 4.78 is 20.6. The molecule has 0 saturated carbocycles. The summed E-state index contributed by atoms with van der Waals surface area (Å²) >= 11 is 0. The van der Waals surface area contributed by atoms with Gasteiger partial charge in [0.2, 0.25) is 0 Å². The standard InChI is InChI=1S/C28H33N9O5/c1-30-23-12-19(31-7-9-40-3)16-5-4-15(10-20(16)34-23)41-13-22-25(38)26(39)27(42-22)21-11-17(18-6-8-36(2)35-18)24-28(29)32-14-33-37(21)24/h4-6,8,10-12,14,22,25-27,38-39H,7,9,13H2,1-3H3,(H2,29,32,33)(H2,30,31,34)/t22-,25-,26-,27+/m1/s1. The number of nitrogen functional groups attached to an aromatic ring is 1. The van der Waals surface area contributed by atoms with Crippen LogP contribution in [0.25, 0.3) is 27.7 Å². The second kappa shape index (κ2) is 11.4. The van der Waals surface area contributed by atoms with Crippen LogP contribution in [0, 0.1) is 0 Å². The van der Waals surface area contributed by atoms with Gasteiger partial charge in [-0.25, -0.2) is 14.5 Å². The maximum atomic E-state index is 11.0. The minimum atomic E-state index is -1.23. The fraction of sp³-hybridized carbons (Fsp3) is 0.357. The minimum Gasteiger partial charge on any atom is -0.491 e. The first-order valence-electron chi connectivity index (χ1n) is 13.5. The van der Waals surface area contributed by atoms with Crippen molar-refractivity contribution in [1.29, 1.82) is 0 Å². The van der Waals surface area contributed by atoms with E-state index in [0.717, 1.165) is 16.6 Å². The molecule has 0 radical (unpaired) electrons. The Balaban J connectivity index is 1.23. The van der Waals surface area contributed by atoms with Crippen molar-refractivity contribution in [2.24, 2.45) is 7.05 Å². The molecule has 4 atom stereocenters.